The number of aryl methyl sites for hydroxylation is 1. The molecule has 0 radical (unpaired) electrons. The standard InChI is InChI=1S/C13H19N5/c1-17(2)9-3-4-12-10-18(16-15-12)13-7-5-11(14)6-8-13/h5-8,10H,3-4,9,14H2,1-2H3. The van der Waals surface area contributed by atoms with Crippen LogP contribution >= 0.6 is 0 Å². The van der Waals surface area contributed by atoms with E-state index in [2.05, 4.69) is 29.3 Å². The second-order valence-corrected chi connectivity index (χ2v) is 4.65. The Bertz CT molecular complexity index is 486. The molecule has 18 heavy (non-hydrogen) atoms. The summed E-state index contributed by atoms with van der Waals surface area (Å²) in [6.07, 6.45) is 4.02. The first-order chi connectivity index (χ1) is 8.65. The third-order valence-electron chi connectivity index (χ3n) is 2.74. The van der Waals surface area contributed by atoms with Crippen molar-refractivity contribution in [3.05, 3.63) is 36.2 Å². The smallest absolute Gasteiger partial charge is 0.0832 e. The van der Waals surface area contributed by atoms with Crippen LogP contribution in [-0.2, 0) is 6.42 Å². The Morgan fingerprint density at radius 1 is 1.22 bits per heavy atom. The first-order valence-electron chi connectivity index (χ1n) is 6.07. The summed E-state index contributed by atoms with van der Waals surface area (Å²) >= 11 is 0. The van der Waals surface area contributed by atoms with Crippen LogP contribution in [0.25, 0.3) is 5.69 Å². The summed E-state index contributed by atoms with van der Waals surface area (Å²) in [7, 11) is 4.15. The Labute approximate surface area is 107 Å². The second kappa shape index (κ2) is 5.64. The van der Waals surface area contributed by atoms with Gasteiger partial charge in [-0.1, -0.05) is 5.21 Å². The van der Waals surface area contributed by atoms with E-state index in [4.69, 9.17) is 5.73 Å². The summed E-state index contributed by atoms with van der Waals surface area (Å²) in [4.78, 5) is 2.17. The molecule has 1 aromatic carbocycles. The van der Waals surface area contributed by atoms with Gasteiger partial charge >= 0.3 is 0 Å². The second-order valence-electron chi connectivity index (χ2n) is 4.65. The van der Waals surface area contributed by atoms with E-state index in [1.807, 2.05) is 30.5 Å². The van der Waals surface area contributed by atoms with E-state index in [9.17, 15) is 0 Å². The Balaban J connectivity index is 1.99. The van der Waals surface area contributed by atoms with Crippen molar-refractivity contribution in [3.8, 4) is 5.69 Å². The zero-order valence-corrected chi connectivity index (χ0v) is 10.9. The maximum atomic E-state index is 5.65. The van der Waals surface area contributed by atoms with E-state index >= 15 is 0 Å². The van der Waals surface area contributed by atoms with Crippen LogP contribution in [0.3, 0.4) is 0 Å². The molecule has 5 nitrogen and oxygen atoms in total. The molecule has 0 aliphatic carbocycles. The third-order valence-corrected chi connectivity index (χ3v) is 2.74. The lowest BCUT2D eigenvalue weighted by atomic mass is 10.2. The van der Waals surface area contributed by atoms with Gasteiger partial charge in [-0.2, -0.15) is 0 Å². The third kappa shape index (κ3) is 3.30. The average Bonchev–Trinajstić information content (AvgIpc) is 2.78. The van der Waals surface area contributed by atoms with E-state index in [1.54, 1.807) is 4.68 Å². The summed E-state index contributed by atoms with van der Waals surface area (Å²) < 4.78 is 1.78. The molecule has 0 spiro atoms. The first kappa shape index (κ1) is 12.6. The molecule has 0 aliphatic heterocycles. The number of anilines is 1. The van der Waals surface area contributed by atoms with Gasteiger partial charge in [-0.05, 0) is 57.7 Å². The molecule has 0 saturated carbocycles. The van der Waals surface area contributed by atoms with Crippen molar-refractivity contribution in [2.75, 3.05) is 26.4 Å². The van der Waals surface area contributed by atoms with Crippen LogP contribution in [0, 0.1) is 0 Å². The molecule has 1 heterocycles. The number of hydrogen-bond donors (Lipinski definition) is 1. The van der Waals surface area contributed by atoms with Crippen molar-refractivity contribution in [2.45, 2.75) is 12.8 Å². The van der Waals surface area contributed by atoms with Gasteiger partial charge in [0, 0.05) is 5.69 Å². The van der Waals surface area contributed by atoms with Gasteiger partial charge < -0.3 is 10.6 Å². The van der Waals surface area contributed by atoms with Crippen molar-refractivity contribution in [3.63, 3.8) is 0 Å². The van der Waals surface area contributed by atoms with Crippen LogP contribution in [0.4, 0.5) is 5.69 Å². The molecule has 0 amide bonds. The number of benzene rings is 1. The zero-order chi connectivity index (χ0) is 13.0. The van der Waals surface area contributed by atoms with Crippen molar-refractivity contribution < 1.29 is 0 Å². The number of nitrogens with zero attached hydrogens (tertiary/aromatic N) is 4. The maximum absolute atomic E-state index is 5.65. The molecule has 2 aromatic rings. The molecule has 0 saturated heterocycles. The highest BCUT2D eigenvalue weighted by Gasteiger charge is 2.03. The fourth-order valence-electron chi connectivity index (χ4n) is 1.74. The first-order valence-corrected chi connectivity index (χ1v) is 6.07. The monoisotopic (exact) mass is 245 g/mol. The minimum atomic E-state index is 0.755. The molecular weight excluding hydrogens is 226 g/mol. The number of nitrogens with two attached hydrogens (primary N) is 1. The summed E-state index contributed by atoms with van der Waals surface area (Å²) in [5.41, 5.74) is 8.41. The lowest BCUT2D eigenvalue weighted by Gasteiger charge is -2.06. The van der Waals surface area contributed by atoms with E-state index in [-0.39, 0.29) is 0 Å². The van der Waals surface area contributed by atoms with Crippen LogP contribution in [0.1, 0.15) is 12.1 Å². The number of rotatable bonds is 5. The van der Waals surface area contributed by atoms with Crippen LogP contribution < -0.4 is 5.73 Å². The summed E-state index contributed by atoms with van der Waals surface area (Å²) in [5.74, 6) is 0. The minimum Gasteiger partial charge on any atom is -0.399 e. The van der Waals surface area contributed by atoms with Crippen LogP contribution in [0.5, 0.6) is 0 Å². The molecule has 0 unspecified atom stereocenters. The average molecular weight is 245 g/mol. The van der Waals surface area contributed by atoms with Crippen molar-refractivity contribution in [2.24, 2.45) is 0 Å². The van der Waals surface area contributed by atoms with Gasteiger partial charge in [-0.25, -0.2) is 4.68 Å². The fraction of sp³-hybridized carbons (Fsp3) is 0.385. The van der Waals surface area contributed by atoms with Gasteiger partial charge in [0.1, 0.15) is 0 Å². The Morgan fingerprint density at radius 2 is 1.94 bits per heavy atom. The Morgan fingerprint density at radius 3 is 2.61 bits per heavy atom. The highest BCUT2D eigenvalue weighted by atomic mass is 15.4. The van der Waals surface area contributed by atoms with Gasteiger partial charge in [0.2, 0.25) is 0 Å². The van der Waals surface area contributed by atoms with Gasteiger partial charge in [0.05, 0.1) is 17.6 Å². The molecule has 5 heteroatoms. The van der Waals surface area contributed by atoms with E-state index in [0.717, 1.165) is 36.5 Å². The van der Waals surface area contributed by atoms with Crippen LogP contribution in [0.15, 0.2) is 30.5 Å². The molecule has 2 N–H and O–H groups in total. The van der Waals surface area contributed by atoms with Crippen molar-refractivity contribution in [1.29, 1.82) is 0 Å². The molecule has 96 valence electrons. The van der Waals surface area contributed by atoms with E-state index in [0.29, 0.717) is 0 Å². The normalized spacial score (nSPS) is 11.1. The highest BCUT2D eigenvalue weighted by molar-refractivity contribution is 5.44. The lowest BCUT2D eigenvalue weighted by molar-refractivity contribution is 0.399. The largest absolute Gasteiger partial charge is 0.399 e. The molecule has 0 fully saturated rings. The molecule has 2 rings (SSSR count). The topological polar surface area (TPSA) is 60.0 Å². The molecule has 0 bridgehead atoms. The minimum absolute atomic E-state index is 0.755. The summed E-state index contributed by atoms with van der Waals surface area (Å²) in [6, 6.07) is 7.60. The van der Waals surface area contributed by atoms with Crippen LogP contribution in [0.2, 0.25) is 0 Å². The maximum Gasteiger partial charge on any atom is 0.0832 e. The van der Waals surface area contributed by atoms with Gasteiger partial charge in [-0.15, -0.1) is 5.10 Å². The van der Waals surface area contributed by atoms with E-state index < -0.39 is 0 Å². The predicted octanol–water partition coefficient (Wildman–Crippen LogP) is 1.34. The Kier molecular flexibility index (Phi) is 3.94. The van der Waals surface area contributed by atoms with Gasteiger partial charge in [-0.3, -0.25) is 0 Å². The SMILES string of the molecule is CN(C)CCCc1cn(-c2ccc(N)cc2)nn1. The van der Waals surface area contributed by atoms with Crippen molar-refractivity contribution in [1.82, 2.24) is 19.9 Å². The Hall–Kier alpha value is -1.88. The highest BCUT2D eigenvalue weighted by Crippen LogP contribution is 2.10. The van der Waals surface area contributed by atoms with E-state index in [1.165, 1.54) is 0 Å². The number of hydrogen-bond acceptors (Lipinski definition) is 4. The lowest BCUT2D eigenvalue weighted by Crippen LogP contribution is -2.13. The van der Waals surface area contributed by atoms with Gasteiger partial charge in [0.25, 0.3) is 0 Å². The van der Waals surface area contributed by atoms with Gasteiger partial charge in [0.15, 0.2) is 0 Å². The zero-order valence-electron chi connectivity index (χ0n) is 10.9. The molecule has 1 aromatic heterocycles. The predicted molar refractivity (Wildman–Crippen MR) is 72.6 cm³/mol. The summed E-state index contributed by atoms with van der Waals surface area (Å²) in [5, 5.41) is 8.30. The summed E-state index contributed by atoms with van der Waals surface area (Å²) in [6.45, 7) is 1.06. The van der Waals surface area contributed by atoms with Crippen molar-refractivity contribution >= 4 is 5.69 Å². The quantitative estimate of drug-likeness (QED) is 0.808. The van der Waals surface area contributed by atoms with Crippen LogP contribution in [-0.4, -0.2) is 40.5 Å². The fourth-order valence-corrected chi connectivity index (χ4v) is 1.74. The number of nitrogen functional groups attached to an aromatic ring is 1. The molecule has 0 aliphatic rings. The number of aromatic nitrogens is 3. The molecule has 0 atom stereocenters. The molecular formula is C13H19N5.